The van der Waals surface area contributed by atoms with Crippen LogP contribution in [0.1, 0.15) is 12.0 Å². The van der Waals surface area contributed by atoms with Gasteiger partial charge in [0, 0.05) is 35.2 Å². The van der Waals surface area contributed by atoms with E-state index in [0.717, 1.165) is 17.0 Å². The normalized spacial score (nSPS) is 10.2. The Bertz CT molecular complexity index is 640. The third kappa shape index (κ3) is 6.00. The van der Waals surface area contributed by atoms with Crippen LogP contribution in [0.2, 0.25) is 10.0 Å². The monoisotopic (exact) mass is 352 g/mol. The van der Waals surface area contributed by atoms with E-state index >= 15 is 0 Å². The Morgan fingerprint density at radius 2 is 1.74 bits per heavy atom. The average molecular weight is 353 g/mol. The Morgan fingerprint density at radius 1 is 1.09 bits per heavy atom. The van der Waals surface area contributed by atoms with Gasteiger partial charge in [0.1, 0.15) is 5.75 Å². The van der Waals surface area contributed by atoms with Crippen LogP contribution in [-0.2, 0) is 11.3 Å². The van der Waals surface area contributed by atoms with Gasteiger partial charge in [-0.15, -0.1) is 0 Å². The first-order valence-electron chi connectivity index (χ1n) is 7.16. The zero-order chi connectivity index (χ0) is 16.7. The molecule has 0 aliphatic carbocycles. The highest BCUT2D eigenvalue weighted by molar-refractivity contribution is 6.35. The van der Waals surface area contributed by atoms with Crippen LogP contribution in [0.5, 0.6) is 5.75 Å². The Hall–Kier alpha value is -1.91. The second kappa shape index (κ2) is 8.65. The van der Waals surface area contributed by atoms with E-state index in [1.54, 1.807) is 25.3 Å². The van der Waals surface area contributed by atoms with Crippen molar-refractivity contribution in [2.24, 2.45) is 0 Å². The van der Waals surface area contributed by atoms with E-state index in [0.29, 0.717) is 29.6 Å². The van der Waals surface area contributed by atoms with Crippen LogP contribution in [-0.4, -0.2) is 19.6 Å². The molecule has 0 radical (unpaired) electrons. The Balaban J connectivity index is 1.72. The fraction of sp³-hybridized carbons (Fsp3) is 0.235. The molecule has 6 heteroatoms. The topological polar surface area (TPSA) is 50.4 Å². The minimum Gasteiger partial charge on any atom is -0.497 e. The molecule has 4 nitrogen and oxygen atoms in total. The number of amides is 1. The van der Waals surface area contributed by atoms with Gasteiger partial charge in [0.2, 0.25) is 5.91 Å². The first-order chi connectivity index (χ1) is 11.1. The van der Waals surface area contributed by atoms with Crippen molar-refractivity contribution in [3.8, 4) is 5.75 Å². The third-order valence-corrected chi connectivity index (χ3v) is 3.63. The van der Waals surface area contributed by atoms with E-state index in [4.69, 9.17) is 27.9 Å². The van der Waals surface area contributed by atoms with E-state index in [1.807, 2.05) is 24.3 Å². The summed E-state index contributed by atoms with van der Waals surface area (Å²) in [5.74, 6) is 0.769. The summed E-state index contributed by atoms with van der Waals surface area (Å²) < 4.78 is 5.09. The highest BCUT2D eigenvalue weighted by Gasteiger charge is 2.03. The van der Waals surface area contributed by atoms with E-state index in [2.05, 4.69) is 10.6 Å². The predicted molar refractivity (Wildman–Crippen MR) is 94.4 cm³/mol. The minimum absolute atomic E-state index is 0.0264. The van der Waals surface area contributed by atoms with Gasteiger partial charge in [0.05, 0.1) is 7.11 Å². The Kier molecular flexibility index (Phi) is 6.56. The second-order valence-corrected chi connectivity index (χ2v) is 5.83. The van der Waals surface area contributed by atoms with Crippen LogP contribution in [0.3, 0.4) is 0 Å². The first kappa shape index (κ1) is 17.4. The minimum atomic E-state index is -0.0264. The van der Waals surface area contributed by atoms with Crippen molar-refractivity contribution in [3.05, 3.63) is 58.1 Å². The number of hydrogen-bond donors (Lipinski definition) is 2. The van der Waals surface area contributed by atoms with Gasteiger partial charge in [0.25, 0.3) is 0 Å². The number of rotatable bonds is 7. The van der Waals surface area contributed by atoms with Crippen molar-refractivity contribution in [1.29, 1.82) is 0 Å². The van der Waals surface area contributed by atoms with Crippen molar-refractivity contribution in [1.82, 2.24) is 5.32 Å². The number of methoxy groups -OCH3 is 1. The standard InChI is InChI=1S/C17H18Cl2N2O2/c1-23-16-4-2-12(3-5-16)11-21-17(22)6-7-20-15-9-13(18)8-14(19)10-15/h2-5,8-10,20H,6-7,11H2,1H3,(H,21,22). The lowest BCUT2D eigenvalue weighted by Gasteiger charge is -2.09. The molecule has 2 aromatic rings. The SMILES string of the molecule is COc1ccc(CNC(=O)CCNc2cc(Cl)cc(Cl)c2)cc1. The molecule has 0 saturated carbocycles. The molecule has 0 aliphatic heterocycles. The molecule has 0 aliphatic rings. The van der Waals surface area contributed by atoms with E-state index in [9.17, 15) is 4.79 Å². The molecule has 0 heterocycles. The smallest absolute Gasteiger partial charge is 0.222 e. The molecule has 2 aromatic carbocycles. The highest BCUT2D eigenvalue weighted by Crippen LogP contribution is 2.22. The fourth-order valence-electron chi connectivity index (χ4n) is 2.01. The number of ether oxygens (including phenoxy) is 1. The lowest BCUT2D eigenvalue weighted by Crippen LogP contribution is -2.24. The molecule has 23 heavy (non-hydrogen) atoms. The summed E-state index contributed by atoms with van der Waals surface area (Å²) in [7, 11) is 1.62. The molecule has 0 saturated heterocycles. The zero-order valence-corrected chi connectivity index (χ0v) is 14.2. The van der Waals surface area contributed by atoms with Crippen LogP contribution in [0.25, 0.3) is 0 Å². The van der Waals surface area contributed by atoms with Gasteiger partial charge in [-0.05, 0) is 35.9 Å². The number of hydrogen-bond acceptors (Lipinski definition) is 3. The summed E-state index contributed by atoms with van der Waals surface area (Å²) >= 11 is 11.8. The van der Waals surface area contributed by atoms with Crippen molar-refractivity contribution in [2.75, 3.05) is 19.0 Å². The van der Waals surface area contributed by atoms with E-state index < -0.39 is 0 Å². The van der Waals surface area contributed by atoms with E-state index in [-0.39, 0.29) is 5.91 Å². The van der Waals surface area contributed by atoms with Crippen molar-refractivity contribution < 1.29 is 9.53 Å². The average Bonchev–Trinajstić information content (AvgIpc) is 2.52. The second-order valence-electron chi connectivity index (χ2n) is 4.96. The Morgan fingerprint density at radius 3 is 2.35 bits per heavy atom. The summed E-state index contributed by atoms with van der Waals surface area (Å²) in [6.07, 6.45) is 0.361. The van der Waals surface area contributed by atoms with Gasteiger partial charge >= 0.3 is 0 Å². The zero-order valence-electron chi connectivity index (χ0n) is 12.7. The molecular weight excluding hydrogens is 335 g/mol. The number of carbonyl (C=O) groups is 1. The van der Waals surface area contributed by atoms with Gasteiger partial charge in [-0.25, -0.2) is 0 Å². The summed E-state index contributed by atoms with van der Waals surface area (Å²) in [6, 6.07) is 12.8. The molecule has 122 valence electrons. The lowest BCUT2D eigenvalue weighted by atomic mass is 10.2. The largest absolute Gasteiger partial charge is 0.497 e. The number of halogens is 2. The first-order valence-corrected chi connectivity index (χ1v) is 7.92. The van der Waals surface area contributed by atoms with Crippen LogP contribution in [0.4, 0.5) is 5.69 Å². The summed E-state index contributed by atoms with van der Waals surface area (Å²) in [5, 5.41) is 7.12. The van der Waals surface area contributed by atoms with Gasteiger partial charge in [-0.2, -0.15) is 0 Å². The number of nitrogens with one attached hydrogen (secondary N) is 2. The van der Waals surface area contributed by atoms with Gasteiger partial charge < -0.3 is 15.4 Å². The van der Waals surface area contributed by atoms with Gasteiger partial charge in [-0.1, -0.05) is 35.3 Å². The van der Waals surface area contributed by atoms with Crippen LogP contribution < -0.4 is 15.4 Å². The third-order valence-electron chi connectivity index (χ3n) is 3.19. The molecule has 0 fully saturated rings. The van der Waals surface area contributed by atoms with Crippen LogP contribution >= 0.6 is 23.2 Å². The number of anilines is 1. The van der Waals surface area contributed by atoms with Crippen molar-refractivity contribution in [3.63, 3.8) is 0 Å². The molecule has 0 unspecified atom stereocenters. The van der Waals surface area contributed by atoms with Gasteiger partial charge in [-0.3, -0.25) is 4.79 Å². The quantitative estimate of drug-likeness (QED) is 0.787. The van der Waals surface area contributed by atoms with Crippen LogP contribution in [0.15, 0.2) is 42.5 Å². The maximum atomic E-state index is 11.8. The van der Waals surface area contributed by atoms with Crippen molar-refractivity contribution in [2.45, 2.75) is 13.0 Å². The molecule has 2 N–H and O–H groups in total. The summed E-state index contributed by atoms with van der Waals surface area (Å²) in [4.78, 5) is 11.8. The van der Waals surface area contributed by atoms with Gasteiger partial charge in [0.15, 0.2) is 0 Å². The number of benzene rings is 2. The highest BCUT2D eigenvalue weighted by atomic mass is 35.5. The molecule has 0 bridgehead atoms. The summed E-state index contributed by atoms with van der Waals surface area (Å²) in [5.41, 5.74) is 1.82. The molecule has 0 aromatic heterocycles. The predicted octanol–water partition coefficient (Wildman–Crippen LogP) is 4.12. The lowest BCUT2D eigenvalue weighted by molar-refractivity contribution is -0.121. The van der Waals surface area contributed by atoms with E-state index in [1.165, 1.54) is 0 Å². The fourth-order valence-corrected chi connectivity index (χ4v) is 2.53. The molecule has 2 rings (SSSR count). The Labute approximate surface area is 145 Å². The maximum Gasteiger partial charge on any atom is 0.222 e. The van der Waals surface area contributed by atoms with Crippen LogP contribution in [0, 0.1) is 0 Å². The van der Waals surface area contributed by atoms with Crippen molar-refractivity contribution >= 4 is 34.8 Å². The molecular formula is C17H18Cl2N2O2. The molecule has 0 spiro atoms. The number of carbonyl (C=O) groups excluding carboxylic acids is 1. The summed E-state index contributed by atoms with van der Waals surface area (Å²) in [6.45, 7) is 0.997. The maximum absolute atomic E-state index is 11.8. The molecule has 0 atom stereocenters. The molecule has 1 amide bonds.